The van der Waals surface area contributed by atoms with Crippen molar-refractivity contribution in [3.63, 3.8) is 0 Å². The van der Waals surface area contributed by atoms with E-state index in [1.165, 1.54) is 16.9 Å². The Morgan fingerprint density at radius 3 is 2.86 bits per heavy atom. The van der Waals surface area contributed by atoms with Crippen molar-refractivity contribution >= 4 is 5.91 Å². The first-order valence-electron chi connectivity index (χ1n) is 6.84. The Bertz CT molecular complexity index is 636. The zero-order valence-electron chi connectivity index (χ0n) is 12.1. The summed E-state index contributed by atoms with van der Waals surface area (Å²) in [5.74, 6) is -0.608. The standard InChI is InChI=1S/C15H19FN4O/c1-10(17)7-8-18-15(21)12-9-19-20(11(12)2)14-6-4-3-5-13(14)16/h3-6,9-10H,7-8,17H2,1-2H3,(H,18,21). The Morgan fingerprint density at radius 1 is 1.48 bits per heavy atom. The van der Waals surface area contributed by atoms with E-state index in [9.17, 15) is 9.18 Å². The number of rotatable bonds is 5. The molecule has 6 heteroatoms. The molecule has 0 saturated carbocycles. The Morgan fingerprint density at radius 2 is 2.19 bits per heavy atom. The number of carbonyl (C=O) groups excluding carboxylic acids is 1. The number of amides is 1. The van der Waals surface area contributed by atoms with Gasteiger partial charge in [0.15, 0.2) is 0 Å². The van der Waals surface area contributed by atoms with Crippen LogP contribution in [0.15, 0.2) is 30.5 Å². The van der Waals surface area contributed by atoms with Crippen molar-refractivity contribution in [1.82, 2.24) is 15.1 Å². The summed E-state index contributed by atoms with van der Waals surface area (Å²) in [7, 11) is 0. The number of nitrogens with zero attached hydrogens (tertiary/aromatic N) is 2. The average Bonchev–Trinajstić information content (AvgIpc) is 2.80. The monoisotopic (exact) mass is 290 g/mol. The molecule has 21 heavy (non-hydrogen) atoms. The Kier molecular flexibility index (Phi) is 4.70. The van der Waals surface area contributed by atoms with Gasteiger partial charge in [-0.2, -0.15) is 5.10 Å². The summed E-state index contributed by atoms with van der Waals surface area (Å²) in [4.78, 5) is 12.1. The second kappa shape index (κ2) is 6.49. The van der Waals surface area contributed by atoms with Crippen molar-refractivity contribution in [2.24, 2.45) is 5.73 Å². The van der Waals surface area contributed by atoms with E-state index in [0.717, 1.165) is 0 Å². The second-order valence-corrected chi connectivity index (χ2v) is 5.03. The first kappa shape index (κ1) is 15.2. The maximum atomic E-state index is 13.8. The van der Waals surface area contributed by atoms with Crippen LogP contribution < -0.4 is 11.1 Å². The number of aromatic nitrogens is 2. The highest BCUT2D eigenvalue weighted by atomic mass is 19.1. The van der Waals surface area contributed by atoms with Gasteiger partial charge in [0.25, 0.3) is 5.91 Å². The topological polar surface area (TPSA) is 72.9 Å². The van der Waals surface area contributed by atoms with Crippen molar-refractivity contribution in [1.29, 1.82) is 0 Å². The zero-order chi connectivity index (χ0) is 15.4. The third kappa shape index (κ3) is 3.46. The van der Waals surface area contributed by atoms with Gasteiger partial charge in [-0.05, 0) is 32.4 Å². The van der Waals surface area contributed by atoms with Crippen LogP contribution in [0.2, 0.25) is 0 Å². The van der Waals surface area contributed by atoms with Gasteiger partial charge in [-0.3, -0.25) is 4.79 Å². The number of carbonyl (C=O) groups is 1. The number of para-hydroxylation sites is 1. The van der Waals surface area contributed by atoms with Crippen LogP contribution in [-0.4, -0.2) is 28.3 Å². The fraction of sp³-hybridized carbons (Fsp3) is 0.333. The summed E-state index contributed by atoms with van der Waals surface area (Å²) in [6, 6.07) is 6.35. The quantitative estimate of drug-likeness (QED) is 0.881. The summed E-state index contributed by atoms with van der Waals surface area (Å²) in [6.45, 7) is 4.12. The van der Waals surface area contributed by atoms with Gasteiger partial charge in [-0.15, -0.1) is 0 Å². The minimum absolute atomic E-state index is 0.0348. The van der Waals surface area contributed by atoms with Crippen molar-refractivity contribution < 1.29 is 9.18 Å². The van der Waals surface area contributed by atoms with Gasteiger partial charge in [0, 0.05) is 12.6 Å². The molecule has 0 spiro atoms. The van der Waals surface area contributed by atoms with E-state index in [1.54, 1.807) is 25.1 Å². The molecule has 0 bridgehead atoms. The number of benzene rings is 1. The third-order valence-corrected chi connectivity index (χ3v) is 3.22. The molecule has 1 unspecified atom stereocenters. The van der Waals surface area contributed by atoms with Crippen LogP contribution in [-0.2, 0) is 0 Å². The van der Waals surface area contributed by atoms with Crippen LogP contribution in [0.3, 0.4) is 0 Å². The lowest BCUT2D eigenvalue weighted by Crippen LogP contribution is -2.29. The summed E-state index contributed by atoms with van der Waals surface area (Å²) in [5.41, 5.74) is 6.99. The van der Waals surface area contributed by atoms with Gasteiger partial charge < -0.3 is 11.1 Å². The fourth-order valence-corrected chi connectivity index (χ4v) is 2.01. The van der Waals surface area contributed by atoms with E-state index in [2.05, 4.69) is 10.4 Å². The number of hydrogen-bond acceptors (Lipinski definition) is 3. The van der Waals surface area contributed by atoms with Crippen LogP contribution in [0.5, 0.6) is 0 Å². The van der Waals surface area contributed by atoms with E-state index in [-0.39, 0.29) is 17.8 Å². The van der Waals surface area contributed by atoms with E-state index in [0.29, 0.717) is 29.9 Å². The van der Waals surface area contributed by atoms with Crippen molar-refractivity contribution in [2.75, 3.05) is 6.54 Å². The molecule has 0 aliphatic rings. The van der Waals surface area contributed by atoms with Crippen LogP contribution in [0.25, 0.3) is 5.69 Å². The molecule has 1 atom stereocenters. The molecule has 0 saturated heterocycles. The van der Waals surface area contributed by atoms with Crippen LogP contribution in [0.4, 0.5) is 4.39 Å². The first-order chi connectivity index (χ1) is 10.0. The summed E-state index contributed by atoms with van der Waals surface area (Å²) in [6.07, 6.45) is 2.15. The smallest absolute Gasteiger partial charge is 0.254 e. The molecule has 0 radical (unpaired) electrons. The minimum atomic E-state index is -0.382. The van der Waals surface area contributed by atoms with E-state index >= 15 is 0 Å². The molecule has 3 N–H and O–H groups in total. The number of nitrogens with two attached hydrogens (primary N) is 1. The molecular formula is C15H19FN4O. The lowest BCUT2D eigenvalue weighted by atomic mass is 10.2. The SMILES string of the molecule is Cc1c(C(=O)NCCC(C)N)cnn1-c1ccccc1F. The fourth-order valence-electron chi connectivity index (χ4n) is 2.01. The summed E-state index contributed by atoms with van der Waals surface area (Å²) >= 11 is 0. The molecule has 2 rings (SSSR count). The van der Waals surface area contributed by atoms with Crippen LogP contribution >= 0.6 is 0 Å². The lowest BCUT2D eigenvalue weighted by molar-refractivity contribution is 0.0952. The molecule has 1 aromatic carbocycles. The molecule has 2 aromatic rings. The van der Waals surface area contributed by atoms with Gasteiger partial charge in [-0.1, -0.05) is 12.1 Å². The highest BCUT2D eigenvalue weighted by molar-refractivity contribution is 5.95. The van der Waals surface area contributed by atoms with Crippen molar-refractivity contribution in [2.45, 2.75) is 26.3 Å². The molecule has 1 amide bonds. The van der Waals surface area contributed by atoms with Gasteiger partial charge in [0.1, 0.15) is 11.5 Å². The van der Waals surface area contributed by atoms with E-state index in [1.807, 2.05) is 6.92 Å². The zero-order valence-corrected chi connectivity index (χ0v) is 12.1. The van der Waals surface area contributed by atoms with E-state index in [4.69, 9.17) is 5.73 Å². The van der Waals surface area contributed by atoms with Gasteiger partial charge in [0.2, 0.25) is 0 Å². The molecule has 5 nitrogen and oxygen atoms in total. The van der Waals surface area contributed by atoms with Gasteiger partial charge in [0.05, 0.1) is 17.5 Å². The van der Waals surface area contributed by atoms with Gasteiger partial charge >= 0.3 is 0 Å². The minimum Gasteiger partial charge on any atom is -0.352 e. The summed E-state index contributed by atoms with van der Waals surface area (Å²) < 4.78 is 15.2. The largest absolute Gasteiger partial charge is 0.352 e. The number of hydrogen-bond donors (Lipinski definition) is 2. The summed E-state index contributed by atoms with van der Waals surface area (Å²) in [5, 5.41) is 6.89. The highest BCUT2D eigenvalue weighted by Gasteiger charge is 2.16. The predicted octanol–water partition coefficient (Wildman–Crippen LogP) is 1.79. The van der Waals surface area contributed by atoms with Crippen LogP contribution in [0.1, 0.15) is 29.4 Å². The maximum Gasteiger partial charge on any atom is 0.254 e. The second-order valence-electron chi connectivity index (χ2n) is 5.03. The number of halogens is 1. The van der Waals surface area contributed by atoms with Crippen molar-refractivity contribution in [3.8, 4) is 5.69 Å². The van der Waals surface area contributed by atoms with Crippen molar-refractivity contribution in [3.05, 3.63) is 47.5 Å². The Hall–Kier alpha value is -2.21. The molecule has 1 aromatic heterocycles. The first-order valence-corrected chi connectivity index (χ1v) is 6.84. The van der Waals surface area contributed by atoms with E-state index < -0.39 is 0 Å². The molecule has 1 heterocycles. The maximum absolute atomic E-state index is 13.8. The Labute approximate surface area is 123 Å². The highest BCUT2D eigenvalue weighted by Crippen LogP contribution is 2.16. The molecule has 0 fully saturated rings. The van der Waals surface area contributed by atoms with Crippen LogP contribution in [0, 0.1) is 12.7 Å². The molecule has 112 valence electrons. The third-order valence-electron chi connectivity index (χ3n) is 3.22. The molecular weight excluding hydrogens is 271 g/mol. The molecule has 0 aliphatic heterocycles. The van der Waals surface area contributed by atoms with Gasteiger partial charge in [-0.25, -0.2) is 9.07 Å². The average molecular weight is 290 g/mol. The lowest BCUT2D eigenvalue weighted by Gasteiger charge is -2.08. The molecule has 0 aliphatic carbocycles. The Balaban J connectivity index is 2.17. The predicted molar refractivity (Wildman–Crippen MR) is 78.9 cm³/mol. The number of nitrogens with one attached hydrogen (secondary N) is 1. The normalized spacial score (nSPS) is 12.2.